The number of hydrogen-bond donors (Lipinski definition) is 1. The molecule has 0 bridgehead atoms. The van der Waals surface area contributed by atoms with Crippen molar-refractivity contribution >= 4 is 11.8 Å². The van der Waals surface area contributed by atoms with Gasteiger partial charge < -0.3 is 10.1 Å². The Labute approximate surface area is 79.2 Å². The minimum Gasteiger partial charge on any atom is -0.376 e. The highest BCUT2D eigenvalue weighted by Crippen LogP contribution is 2.31. The van der Waals surface area contributed by atoms with Gasteiger partial charge in [0.15, 0.2) is 0 Å². The molecule has 1 aliphatic heterocycles. The lowest BCUT2D eigenvalue weighted by Crippen LogP contribution is -2.19. The van der Waals surface area contributed by atoms with Crippen LogP contribution in [-0.4, -0.2) is 37.1 Å². The van der Waals surface area contributed by atoms with Gasteiger partial charge in [0.1, 0.15) is 0 Å². The van der Waals surface area contributed by atoms with Crippen LogP contribution in [0.5, 0.6) is 0 Å². The first-order valence-electron chi connectivity index (χ1n) is 4.11. The van der Waals surface area contributed by atoms with E-state index in [2.05, 4.69) is 5.32 Å². The first-order chi connectivity index (χ1) is 6.08. The summed E-state index contributed by atoms with van der Waals surface area (Å²) in [6.07, 6.45) is 0.393. The second-order valence-corrected chi connectivity index (χ2v) is 3.87. The molecular weight excluding hydrogens is 203 g/mol. The van der Waals surface area contributed by atoms with Crippen LogP contribution >= 0.6 is 11.8 Å². The van der Waals surface area contributed by atoms with Crippen LogP contribution in [-0.2, 0) is 4.74 Å². The van der Waals surface area contributed by atoms with Crippen LogP contribution in [0.4, 0.5) is 13.2 Å². The minimum atomic E-state index is -4.14. The molecule has 1 unspecified atom stereocenters. The predicted molar refractivity (Wildman–Crippen MR) is 45.7 cm³/mol. The van der Waals surface area contributed by atoms with Crippen LogP contribution in [0.1, 0.15) is 6.42 Å². The Hall–Kier alpha value is 0.0600. The van der Waals surface area contributed by atoms with E-state index in [9.17, 15) is 13.2 Å². The van der Waals surface area contributed by atoms with Gasteiger partial charge in [0.05, 0.1) is 12.7 Å². The van der Waals surface area contributed by atoms with E-state index in [-0.39, 0.29) is 23.6 Å². The summed E-state index contributed by atoms with van der Waals surface area (Å²) in [5, 5.41) is 3.06. The molecule has 13 heavy (non-hydrogen) atoms. The van der Waals surface area contributed by atoms with Gasteiger partial charge in [-0.3, -0.25) is 0 Å². The number of halogens is 3. The average molecular weight is 215 g/mol. The molecule has 2 nitrogen and oxygen atoms in total. The number of nitrogens with one attached hydrogen (secondary N) is 1. The Morgan fingerprint density at radius 3 is 2.85 bits per heavy atom. The number of hydrogen-bond acceptors (Lipinski definition) is 3. The molecule has 78 valence electrons. The molecule has 1 fully saturated rings. The summed E-state index contributed by atoms with van der Waals surface area (Å²) >= 11 is -0.00343. The summed E-state index contributed by atoms with van der Waals surface area (Å²) in [4.78, 5) is 0. The smallest absolute Gasteiger partial charge is 0.376 e. The molecule has 1 heterocycles. The number of rotatable bonds is 2. The number of alkyl halides is 3. The van der Waals surface area contributed by atoms with E-state index in [1.54, 1.807) is 0 Å². The lowest BCUT2D eigenvalue weighted by Gasteiger charge is -2.14. The van der Waals surface area contributed by atoms with Gasteiger partial charge in [0.25, 0.3) is 0 Å². The summed E-state index contributed by atoms with van der Waals surface area (Å²) < 4.78 is 40.6. The van der Waals surface area contributed by atoms with Crippen molar-refractivity contribution in [2.45, 2.75) is 18.0 Å². The second kappa shape index (κ2) is 5.07. The third kappa shape index (κ3) is 5.38. The molecule has 6 heteroatoms. The monoisotopic (exact) mass is 215 g/mol. The van der Waals surface area contributed by atoms with Crippen LogP contribution in [0.15, 0.2) is 0 Å². The van der Waals surface area contributed by atoms with Crippen LogP contribution in [0.2, 0.25) is 0 Å². The summed E-state index contributed by atoms with van der Waals surface area (Å²) in [5.74, 6) is 0.00514. The van der Waals surface area contributed by atoms with Crippen molar-refractivity contribution in [3.8, 4) is 0 Å². The number of thioether (sulfide) groups is 1. The first-order valence-corrected chi connectivity index (χ1v) is 5.09. The molecule has 1 aliphatic rings. The van der Waals surface area contributed by atoms with Crippen molar-refractivity contribution in [1.29, 1.82) is 0 Å². The molecule has 0 spiro atoms. The average Bonchev–Trinajstić information content (AvgIpc) is 2.26. The molecule has 0 radical (unpaired) electrons. The molecule has 1 saturated heterocycles. The van der Waals surface area contributed by atoms with Gasteiger partial charge in [-0.2, -0.15) is 13.2 Å². The summed E-state index contributed by atoms with van der Waals surface area (Å²) in [6, 6.07) is 0. The first kappa shape index (κ1) is 11.1. The molecule has 0 aliphatic carbocycles. The molecule has 0 aromatic heterocycles. The van der Waals surface area contributed by atoms with Crippen molar-refractivity contribution in [1.82, 2.24) is 5.32 Å². The van der Waals surface area contributed by atoms with Gasteiger partial charge in [-0.05, 0) is 24.7 Å². The van der Waals surface area contributed by atoms with E-state index in [4.69, 9.17) is 4.74 Å². The maximum atomic E-state index is 11.8. The van der Waals surface area contributed by atoms with Crippen molar-refractivity contribution in [2.24, 2.45) is 0 Å². The van der Waals surface area contributed by atoms with E-state index in [1.165, 1.54) is 0 Å². The highest BCUT2D eigenvalue weighted by atomic mass is 32.2. The van der Waals surface area contributed by atoms with E-state index in [1.807, 2.05) is 0 Å². The van der Waals surface area contributed by atoms with Crippen molar-refractivity contribution < 1.29 is 17.9 Å². The predicted octanol–water partition coefficient (Wildman–Crippen LogP) is 1.62. The zero-order valence-corrected chi connectivity index (χ0v) is 7.88. The SMILES string of the molecule is FC(F)(F)SCC1CCNCCO1. The normalized spacial score (nSPS) is 25.6. The largest absolute Gasteiger partial charge is 0.441 e. The van der Waals surface area contributed by atoms with Gasteiger partial charge in [-0.25, -0.2) is 0 Å². The van der Waals surface area contributed by atoms with Gasteiger partial charge in [-0.1, -0.05) is 0 Å². The Morgan fingerprint density at radius 1 is 1.38 bits per heavy atom. The fraction of sp³-hybridized carbons (Fsp3) is 1.00. The van der Waals surface area contributed by atoms with Crippen molar-refractivity contribution in [3.63, 3.8) is 0 Å². The van der Waals surface area contributed by atoms with Crippen LogP contribution < -0.4 is 5.32 Å². The Bertz CT molecular complexity index is 145. The standard InChI is InChI=1S/C7H12F3NOS/c8-7(9,10)13-5-6-1-2-11-3-4-12-6/h6,11H,1-5H2. The summed E-state index contributed by atoms with van der Waals surface area (Å²) in [7, 11) is 0. The van der Waals surface area contributed by atoms with Crippen LogP contribution in [0, 0.1) is 0 Å². The van der Waals surface area contributed by atoms with E-state index in [0.717, 1.165) is 13.1 Å². The Morgan fingerprint density at radius 2 is 2.15 bits per heavy atom. The third-order valence-electron chi connectivity index (χ3n) is 1.71. The molecule has 0 saturated carbocycles. The van der Waals surface area contributed by atoms with Gasteiger partial charge >= 0.3 is 5.51 Å². The quantitative estimate of drug-likeness (QED) is 0.756. The molecule has 0 aromatic rings. The van der Waals surface area contributed by atoms with Crippen molar-refractivity contribution in [3.05, 3.63) is 0 Å². The fourth-order valence-electron chi connectivity index (χ4n) is 1.09. The van der Waals surface area contributed by atoms with Crippen LogP contribution in [0.25, 0.3) is 0 Å². The highest BCUT2D eigenvalue weighted by molar-refractivity contribution is 8.00. The van der Waals surface area contributed by atoms with Crippen LogP contribution in [0.3, 0.4) is 0 Å². The molecule has 1 atom stereocenters. The lowest BCUT2D eigenvalue weighted by atomic mass is 10.3. The van der Waals surface area contributed by atoms with E-state index in [0.29, 0.717) is 13.0 Å². The van der Waals surface area contributed by atoms with Gasteiger partial charge in [-0.15, -0.1) is 0 Å². The van der Waals surface area contributed by atoms with Gasteiger partial charge in [0, 0.05) is 12.3 Å². The molecule has 1 rings (SSSR count). The Kier molecular flexibility index (Phi) is 4.34. The highest BCUT2D eigenvalue weighted by Gasteiger charge is 2.29. The molecule has 1 N–H and O–H groups in total. The third-order valence-corrected chi connectivity index (χ3v) is 2.57. The molecule has 0 amide bonds. The zero-order valence-electron chi connectivity index (χ0n) is 7.06. The molecule has 0 aromatic carbocycles. The topological polar surface area (TPSA) is 21.3 Å². The van der Waals surface area contributed by atoms with E-state index < -0.39 is 5.51 Å². The van der Waals surface area contributed by atoms with E-state index >= 15 is 0 Å². The fourth-order valence-corrected chi connectivity index (χ4v) is 1.73. The summed E-state index contributed by atoms with van der Waals surface area (Å²) in [6.45, 7) is 1.97. The maximum Gasteiger partial charge on any atom is 0.441 e. The summed E-state index contributed by atoms with van der Waals surface area (Å²) in [5.41, 5.74) is -4.14. The second-order valence-electron chi connectivity index (χ2n) is 2.79. The maximum absolute atomic E-state index is 11.8. The zero-order chi connectivity index (χ0) is 9.73. The Balaban J connectivity index is 2.19. The lowest BCUT2D eigenvalue weighted by molar-refractivity contribution is -0.0338. The van der Waals surface area contributed by atoms with Crippen molar-refractivity contribution in [2.75, 3.05) is 25.4 Å². The molecular formula is C7H12F3NOS. The van der Waals surface area contributed by atoms with Gasteiger partial charge in [0.2, 0.25) is 0 Å². The minimum absolute atomic E-state index is 0.00343. The number of ether oxygens (including phenoxy) is 1.